The monoisotopic (exact) mass is 353 g/mol. The summed E-state index contributed by atoms with van der Waals surface area (Å²) in [7, 11) is 0. The number of carbonyl (C=O) groups excluding carboxylic acids is 2. The number of ketones is 1. The molecule has 1 fully saturated rings. The molecule has 1 atom stereocenters. The fourth-order valence-corrected chi connectivity index (χ4v) is 2.58. The van der Waals surface area contributed by atoms with Crippen molar-refractivity contribution in [3.05, 3.63) is 34.3 Å². The molecule has 1 saturated heterocycles. The van der Waals surface area contributed by atoms with E-state index in [0.29, 0.717) is 25.1 Å². The second-order valence-electron chi connectivity index (χ2n) is 6.28. The Morgan fingerprint density at radius 2 is 1.86 bits per heavy atom. The molecule has 0 saturated carbocycles. The number of rotatable bonds is 2. The number of carbonyl (C=O) groups is 2. The van der Waals surface area contributed by atoms with Gasteiger partial charge >= 0.3 is 6.09 Å². The van der Waals surface area contributed by atoms with E-state index in [0.717, 1.165) is 4.47 Å². The van der Waals surface area contributed by atoms with E-state index >= 15 is 0 Å². The second kappa shape index (κ2) is 6.18. The summed E-state index contributed by atoms with van der Waals surface area (Å²) in [5, 5.41) is 0. The Bertz CT molecular complexity index is 533. The Morgan fingerprint density at radius 3 is 2.43 bits per heavy atom. The topological polar surface area (TPSA) is 46.6 Å². The van der Waals surface area contributed by atoms with Crippen LogP contribution < -0.4 is 0 Å². The maximum absolute atomic E-state index is 12.4. The van der Waals surface area contributed by atoms with Crippen LogP contribution in [0, 0.1) is 5.92 Å². The molecule has 0 radical (unpaired) electrons. The van der Waals surface area contributed by atoms with E-state index in [1.807, 2.05) is 45.0 Å². The summed E-state index contributed by atoms with van der Waals surface area (Å²) in [6.45, 7) is 6.52. The van der Waals surface area contributed by atoms with E-state index in [2.05, 4.69) is 15.9 Å². The highest BCUT2D eigenvalue weighted by Gasteiger charge is 2.33. The number of Topliss-reactive ketones (excluding diaryl/α,β-unsaturated/α-hetero) is 1. The zero-order valence-corrected chi connectivity index (χ0v) is 14.1. The molecule has 2 rings (SSSR count). The molecule has 21 heavy (non-hydrogen) atoms. The number of nitrogens with zero attached hydrogens (tertiary/aromatic N) is 1. The summed E-state index contributed by atoms with van der Waals surface area (Å²) in [5.74, 6) is -0.0488. The van der Waals surface area contributed by atoms with Gasteiger partial charge in [0.25, 0.3) is 0 Å². The fourth-order valence-electron chi connectivity index (χ4n) is 2.32. The van der Waals surface area contributed by atoms with Crippen LogP contribution in [-0.2, 0) is 4.74 Å². The van der Waals surface area contributed by atoms with E-state index < -0.39 is 5.60 Å². The van der Waals surface area contributed by atoms with Crippen LogP contribution in [0.5, 0.6) is 0 Å². The molecule has 1 amide bonds. The first-order valence-corrected chi connectivity index (χ1v) is 7.83. The Labute approximate surface area is 133 Å². The number of halogens is 1. The highest BCUT2D eigenvalue weighted by atomic mass is 79.9. The van der Waals surface area contributed by atoms with Gasteiger partial charge in [-0.25, -0.2) is 4.79 Å². The Kier molecular flexibility index (Phi) is 4.71. The molecular weight excluding hydrogens is 334 g/mol. The van der Waals surface area contributed by atoms with Crippen molar-refractivity contribution in [2.45, 2.75) is 32.8 Å². The summed E-state index contributed by atoms with van der Waals surface area (Å²) in [6, 6.07) is 7.33. The van der Waals surface area contributed by atoms with Gasteiger partial charge in [-0.15, -0.1) is 0 Å². The first kappa shape index (κ1) is 16.0. The highest BCUT2D eigenvalue weighted by molar-refractivity contribution is 9.10. The minimum Gasteiger partial charge on any atom is -0.444 e. The van der Waals surface area contributed by atoms with Crippen molar-refractivity contribution in [2.24, 2.45) is 5.92 Å². The van der Waals surface area contributed by atoms with Crippen LogP contribution in [0.2, 0.25) is 0 Å². The van der Waals surface area contributed by atoms with E-state index in [1.54, 1.807) is 4.90 Å². The minimum absolute atomic E-state index is 0.0913. The number of benzene rings is 1. The number of hydrogen-bond donors (Lipinski definition) is 0. The number of hydrogen-bond acceptors (Lipinski definition) is 3. The number of ether oxygens (including phenoxy) is 1. The average molecular weight is 354 g/mol. The fraction of sp³-hybridized carbons (Fsp3) is 0.500. The molecule has 0 aliphatic carbocycles. The lowest BCUT2D eigenvalue weighted by Gasteiger charge is -2.24. The molecule has 1 aliphatic heterocycles. The largest absolute Gasteiger partial charge is 0.444 e. The minimum atomic E-state index is -0.509. The molecule has 1 aromatic rings. The van der Waals surface area contributed by atoms with Gasteiger partial charge in [0.15, 0.2) is 5.78 Å². The zero-order chi connectivity index (χ0) is 15.6. The molecule has 4 nitrogen and oxygen atoms in total. The van der Waals surface area contributed by atoms with Crippen molar-refractivity contribution in [1.29, 1.82) is 0 Å². The third-order valence-corrected chi connectivity index (χ3v) is 3.87. The third kappa shape index (κ3) is 4.30. The van der Waals surface area contributed by atoms with E-state index in [1.165, 1.54) is 0 Å². The van der Waals surface area contributed by atoms with Crippen molar-refractivity contribution < 1.29 is 14.3 Å². The van der Waals surface area contributed by atoms with Gasteiger partial charge in [-0.2, -0.15) is 0 Å². The van der Waals surface area contributed by atoms with Gasteiger partial charge < -0.3 is 9.64 Å². The van der Waals surface area contributed by atoms with E-state index in [4.69, 9.17) is 4.74 Å². The van der Waals surface area contributed by atoms with Crippen LogP contribution in [0.1, 0.15) is 37.6 Å². The van der Waals surface area contributed by atoms with Gasteiger partial charge in [0.05, 0.1) is 0 Å². The van der Waals surface area contributed by atoms with E-state index in [9.17, 15) is 9.59 Å². The zero-order valence-electron chi connectivity index (χ0n) is 12.6. The Balaban J connectivity index is 1.97. The molecule has 0 bridgehead atoms. The van der Waals surface area contributed by atoms with Crippen LogP contribution in [0.15, 0.2) is 28.7 Å². The van der Waals surface area contributed by atoms with Crippen molar-refractivity contribution in [2.75, 3.05) is 13.1 Å². The second-order valence-corrected chi connectivity index (χ2v) is 7.20. The summed E-state index contributed by atoms with van der Waals surface area (Å²) >= 11 is 3.35. The van der Waals surface area contributed by atoms with Gasteiger partial charge in [0.1, 0.15) is 5.60 Å². The molecule has 0 spiro atoms. The summed E-state index contributed by atoms with van der Waals surface area (Å²) in [6.07, 6.45) is 0.349. The molecule has 1 aliphatic rings. The van der Waals surface area contributed by atoms with Crippen molar-refractivity contribution in [1.82, 2.24) is 4.90 Å². The van der Waals surface area contributed by atoms with Gasteiger partial charge in [-0.3, -0.25) is 4.79 Å². The molecule has 0 N–H and O–H groups in total. The quantitative estimate of drug-likeness (QED) is 0.757. The van der Waals surface area contributed by atoms with Crippen LogP contribution in [0.25, 0.3) is 0 Å². The lowest BCUT2D eigenvalue weighted by Crippen LogP contribution is -2.35. The normalized spacial score (nSPS) is 18.7. The molecule has 1 aromatic carbocycles. The maximum atomic E-state index is 12.4. The standard InChI is InChI=1S/C16H20BrNO3/c1-16(2,3)21-15(20)18-9-8-12(10-18)14(19)11-4-6-13(17)7-5-11/h4-7,12H,8-10H2,1-3H3. The van der Waals surface area contributed by atoms with Crippen LogP contribution in [-0.4, -0.2) is 35.5 Å². The molecule has 114 valence electrons. The molecule has 0 aromatic heterocycles. The van der Waals surface area contributed by atoms with Gasteiger partial charge in [-0.05, 0) is 39.3 Å². The Morgan fingerprint density at radius 1 is 1.24 bits per heavy atom. The summed E-state index contributed by atoms with van der Waals surface area (Å²) in [4.78, 5) is 26.0. The van der Waals surface area contributed by atoms with Crippen molar-refractivity contribution in [3.63, 3.8) is 0 Å². The first-order chi connectivity index (χ1) is 9.76. The smallest absolute Gasteiger partial charge is 0.410 e. The molecular formula is C16H20BrNO3. The maximum Gasteiger partial charge on any atom is 0.410 e. The average Bonchev–Trinajstić information content (AvgIpc) is 2.86. The summed E-state index contributed by atoms with van der Waals surface area (Å²) < 4.78 is 6.29. The van der Waals surface area contributed by atoms with Crippen molar-refractivity contribution >= 4 is 27.8 Å². The number of amides is 1. The Hall–Kier alpha value is -1.36. The van der Waals surface area contributed by atoms with Crippen LogP contribution in [0.3, 0.4) is 0 Å². The predicted octanol–water partition coefficient (Wildman–Crippen LogP) is 3.89. The lowest BCUT2D eigenvalue weighted by molar-refractivity contribution is 0.0289. The highest BCUT2D eigenvalue weighted by Crippen LogP contribution is 2.23. The van der Waals surface area contributed by atoms with Gasteiger partial charge in [-0.1, -0.05) is 28.1 Å². The molecule has 1 heterocycles. The van der Waals surface area contributed by atoms with Crippen LogP contribution in [0.4, 0.5) is 4.79 Å². The predicted molar refractivity (Wildman–Crippen MR) is 84.4 cm³/mol. The van der Waals surface area contributed by atoms with Gasteiger partial charge in [0, 0.05) is 29.0 Å². The number of likely N-dealkylation sites (tertiary alicyclic amines) is 1. The lowest BCUT2D eigenvalue weighted by atomic mass is 9.97. The van der Waals surface area contributed by atoms with Gasteiger partial charge in [0.2, 0.25) is 0 Å². The van der Waals surface area contributed by atoms with E-state index in [-0.39, 0.29) is 17.8 Å². The third-order valence-electron chi connectivity index (χ3n) is 3.34. The van der Waals surface area contributed by atoms with Crippen molar-refractivity contribution in [3.8, 4) is 0 Å². The molecule has 5 heteroatoms. The SMILES string of the molecule is CC(C)(C)OC(=O)N1CCC(C(=O)c2ccc(Br)cc2)C1. The molecule has 1 unspecified atom stereocenters. The summed E-state index contributed by atoms with van der Waals surface area (Å²) in [5.41, 5.74) is 0.180. The first-order valence-electron chi connectivity index (χ1n) is 7.04. The van der Waals surface area contributed by atoms with Crippen LogP contribution >= 0.6 is 15.9 Å².